The number of hydrogen-bond acceptors (Lipinski definition) is 7. The summed E-state index contributed by atoms with van der Waals surface area (Å²) in [5.74, 6) is -1.14. The van der Waals surface area contributed by atoms with Crippen molar-refractivity contribution in [2.45, 2.75) is 64.1 Å². The normalized spacial score (nSPS) is 14.6. The van der Waals surface area contributed by atoms with E-state index >= 15 is 0 Å². The van der Waals surface area contributed by atoms with E-state index in [-0.39, 0.29) is 35.8 Å². The molecule has 274 valence electrons. The number of carbonyl (C=O) groups is 3. The van der Waals surface area contributed by atoms with E-state index in [1.165, 1.54) is 5.56 Å². The highest BCUT2D eigenvalue weighted by atomic mass is 16.4. The third kappa shape index (κ3) is 7.79. The van der Waals surface area contributed by atoms with Gasteiger partial charge in [0, 0.05) is 74.0 Å². The van der Waals surface area contributed by atoms with Crippen molar-refractivity contribution in [2.24, 2.45) is 5.73 Å². The Balaban J connectivity index is 0.898. The number of amides is 2. The van der Waals surface area contributed by atoms with Gasteiger partial charge in [-0.25, -0.2) is 0 Å². The third-order valence-corrected chi connectivity index (χ3v) is 10.6. The van der Waals surface area contributed by atoms with E-state index < -0.39 is 12.0 Å². The van der Waals surface area contributed by atoms with Gasteiger partial charge in [0.1, 0.15) is 0 Å². The average molecular weight is 717 g/mol. The van der Waals surface area contributed by atoms with Crippen LogP contribution < -0.4 is 22.2 Å². The third-order valence-electron chi connectivity index (χ3n) is 10.6. The summed E-state index contributed by atoms with van der Waals surface area (Å²) < 4.78 is 0. The minimum atomic E-state index is -0.989. The Kier molecular flexibility index (Phi) is 10.5. The fourth-order valence-electron chi connectivity index (χ4n) is 7.61. The van der Waals surface area contributed by atoms with Gasteiger partial charge in [-0.2, -0.15) is 0 Å². The van der Waals surface area contributed by atoms with Crippen LogP contribution in [0.25, 0.3) is 32.7 Å². The number of nitrogens with two attached hydrogens (primary N) is 1. The number of hydrogen-bond donors (Lipinski definition) is 5. The van der Waals surface area contributed by atoms with Gasteiger partial charge >= 0.3 is 5.97 Å². The summed E-state index contributed by atoms with van der Waals surface area (Å²) in [7, 11) is 0. The molecule has 53 heavy (non-hydrogen) atoms. The Morgan fingerprint density at radius 3 is 2.09 bits per heavy atom. The number of carboxylic acids is 1. The van der Waals surface area contributed by atoms with Crippen molar-refractivity contribution >= 4 is 39.3 Å². The summed E-state index contributed by atoms with van der Waals surface area (Å²) >= 11 is 0. The zero-order valence-electron chi connectivity index (χ0n) is 29.6. The van der Waals surface area contributed by atoms with E-state index in [0.29, 0.717) is 56.2 Å². The average Bonchev–Trinajstić information content (AvgIpc) is 3.18. The van der Waals surface area contributed by atoms with E-state index in [2.05, 4.69) is 39.6 Å². The first-order chi connectivity index (χ1) is 25.7. The van der Waals surface area contributed by atoms with Crippen LogP contribution in [0, 0.1) is 0 Å². The van der Waals surface area contributed by atoms with Crippen molar-refractivity contribution in [1.82, 2.24) is 25.1 Å². The Bertz CT molecular complexity index is 2310. The quantitative estimate of drug-likeness (QED) is 0.121. The fraction of sp³-hybridized carbons (Fsp3) is 0.341. The standard InChI is InChI=1S/C41H44N6O6/c42-34(13-14-38(49)50)41(53)47-21-17-36-33(24-47)29-12-11-27(22-31(29)40(52)45-36)26-9-7-25(8-10-26)15-19-43-18-3-6-37(48)46-20-16-35-32(23-46)28-4-1-2-5-30(28)39(51)44-35/h1-2,4-5,7-12,22,34,43H,3,6,13-21,23-24,42H2,(H,44,51)(H,45,52)(H,49,50)/t34-/m1/s1. The van der Waals surface area contributed by atoms with Gasteiger partial charge in [0.15, 0.2) is 0 Å². The minimum absolute atomic E-state index is 0.0744. The van der Waals surface area contributed by atoms with Gasteiger partial charge in [0.25, 0.3) is 11.1 Å². The second-order valence-electron chi connectivity index (χ2n) is 14.0. The number of aliphatic carboxylic acids is 1. The highest BCUT2D eigenvalue weighted by Gasteiger charge is 2.28. The molecule has 0 saturated heterocycles. The first-order valence-corrected chi connectivity index (χ1v) is 18.3. The molecule has 7 rings (SSSR count). The first-order valence-electron chi connectivity index (χ1n) is 18.3. The number of pyridine rings is 2. The smallest absolute Gasteiger partial charge is 0.303 e. The molecule has 12 heteroatoms. The number of carbonyl (C=O) groups excluding carboxylic acids is 2. The van der Waals surface area contributed by atoms with Crippen LogP contribution >= 0.6 is 0 Å². The summed E-state index contributed by atoms with van der Waals surface area (Å²) in [6.45, 7) is 3.35. The predicted octanol–water partition coefficient (Wildman–Crippen LogP) is 3.61. The number of nitrogens with one attached hydrogen (secondary N) is 3. The number of nitrogens with zero attached hydrogens (tertiary/aromatic N) is 2. The van der Waals surface area contributed by atoms with Crippen LogP contribution in [0.3, 0.4) is 0 Å². The molecule has 0 spiro atoms. The lowest BCUT2D eigenvalue weighted by atomic mass is 9.95. The second-order valence-corrected chi connectivity index (χ2v) is 14.0. The van der Waals surface area contributed by atoms with Crippen molar-refractivity contribution in [3.8, 4) is 11.1 Å². The molecule has 0 saturated carbocycles. The van der Waals surface area contributed by atoms with Crippen LogP contribution in [0.2, 0.25) is 0 Å². The molecule has 2 amide bonds. The van der Waals surface area contributed by atoms with E-state index in [9.17, 15) is 24.0 Å². The molecule has 0 bridgehead atoms. The lowest BCUT2D eigenvalue weighted by Gasteiger charge is -2.31. The van der Waals surface area contributed by atoms with Gasteiger partial charge in [0.05, 0.1) is 6.04 Å². The number of aromatic nitrogens is 2. The number of carboxylic acid groups (broad SMARTS) is 1. The minimum Gasteiger partial charge on any atom is -0.481 e. The molecule has 5 aromatic rings. The molecular formula is C41H44N6O6. The summed E-state index contributed by atoms with van der Waals surface area (Å²) in [4.78, 5) is 72.1. The lowest BCUT2D eigenvalue weighted by Crippen LogP contribution is -2.46. The maximum atomic E-state index is 13.1. The van der Waals surface area contributed by atoms with E-state index in [4.69, 9.17) is 10.8 Å². The van der Waals surface area contributed by atoms with Crippen molar-refractivity contribution in [1.29, 1.82) is 0 Å². The fourth-order valence-corrected chi connectivity index (χ4v) is 7.61. The molecule has 12 nitrogen and oxygen atoms in total. The lowest BCUT2D eigenvalue weighted by molar-refractivity contribution is -0.138. The van der Waals surface area contributed by atoms with Crippen LogP contribution in [0.1, 0.15) is 53.8 Å². The number of H-pyrrole nitrogens is 2. The molecular weight excluding hydrogens is 672 g/mol. The number of fused-ring (bicyclic) bond motifs is 6. The zero-order valence-corrected chi connectivity index (χ0v) is 29.6. The van der Waals surface area contributed by atoms with Crippen LogP contribution in [0.4, 0.5) is 0 Å². The van der Waals surface area contributed by atoms with E-state index in [0.717, 1.165) is 70.3 Å². The monoisotopic (exact) mass is 716 g/mol. The van der Waals surface area contributed by atoms with Crippen molar-refractivity contribution in [2.75, 3.05) is 26.2 Å². The number of aromatic amines is 2. The van der Waals surface area contributed by atoms with Crippen LogP contribution in [-0.2, 0) is 46.7 Å². The van der Waals surface area contributed by atoms with E-state index in [1.807, 2.05) is 47.4 Å². The maximum absolute atomic E-state index is 13.1. The van der Waals surface area contributed by atoms with E-state index in [1.54, 1.807) is 4.90 Å². The number of benzene rings is 3. The summed E-state index contributed by atoms with van der Waals surface area (Å²) in [5, 5.41) is 15.3. The summed E-state index contributed by atoms with van der Waals surface area (Å²) in [6, 6.07) is 20.8. The second kappa shape index (κ2) is 15.6. The molecule has 0 radical (unpaired) electrons. The van der Waals surface area contributed by atoms with Gasteiger partial charge in [-0.05, 0) is 83.1 Å². The maximum Gasteiger partial charge on any atom is 0.303 e. The van der Waals surface area contributed by atoms with Gasteiger partial charge in [0.2, 0.25) is 11.8 Å². The zero-order chi connectivity index (χ0) is 37.1. The van der Waals surface area contributed by atoms with Gasteiger partial charge in [-0.1, -0.05) is 54.6 Å². The highest BCUT2D eigenvalue weighted by Crippen LogP contribution is 2.29. The molecule has 0 fully saturated rings. The van der Waals surface area contributed by atoms with Crippen molar-refractivity contribution in [3.05, 3.63) is 116 Å². The highest BCUT2D eigenvalue weighted by molar-refractivity contribution is 5.91. The molecule has 4 heterocycles. The summed E-state index contributed by atoms with van der Waals surface area (Å²) in [5.41, 5.74) is 12.5. The molecule has 0 unspecified atom stereocenters. The van der Waals surface area contributed by atoms with Gasteiger partial charge in [-0.15, -0.1) is 0 Å². The van der Waals surface area contributed by atoms with Crippen molar-refractivity contribution < 1.29 is 19.5 Å². The summed E-state index contributed by atoms with van der Waals surface area (Å²) in [6.07, 6.45) is 3.09. The largest absolute Gasteiger partial charge is 0.481 e. The van der Waals surface area contributed by atoms with Crippen LogP contribution in [0.5, 0.6) is 0 Å². The van der Waals surface area contributed by atoms with Crippen LogP contribution in [-0.4, -0.2) is 74.9 Å². The molecule has 3 aromatic carbocycles. The molecule has 2 aliphatic rings. The molecule has 2 aliphatic heterocycles. The molecule has 2 aromatic heterocycles. The molecule has 0 aliphatic carbocycles. The molecule has 6 N–H and O–H groups in total. The Morgan fingerprint density at radius 1 is 0.755 bits per heavy atom. The van der Waals surface area contributed by atoms with Crippen molar-refractivity contribution in [3.63, 3.8) is 0 Å². The Morgan fingerprint density at radius 2 is 1.38 bits per heavy atom. The van der Waals surface area contributed by atoms with Gasteiger partial charge in [-0.3, -0.25) is 24.0 Å². The molecule has 1 atom stereocenters. The predicted molar refractivity (Wildman–Crippen MR) is 203 cm³/mol. The van der Waals surface area contributed by atoms with Crippen LogP contribution in [0.15, 0.2) is 76.3 Å². The van der Waals surface area contributed by atoms with Gasteiger partial charge < -0.3 is 35.9 Å². The Labute approximate surface area is 306 Å². The topological polar surface area (TPSA) is 182 Å². The Hall–Kier alpha value is -5.59. The number of rotatable bonds is 12. The SMILES string of the molecule is N[C@H](CCC(=O)O)C(=O)N1CCc2[nH]c(=O)c3cc(-c4ccc(CCNCCCC(=O)N5CCc6[nH]c(=O)c7ccccc7c6C5)cc4)ccc3c2C1. The first kappa shape index (κ1) is 35.8.